The van der Waals surface area contributed by atoms with Crippen molar-refractivity contribution >= 4 is 41.3 Å². The van der Waals surface area contributed by atoms with Gasteiger partial charge in [-0.15, -0.1) is 35.3 Å². The summed E-state index contributed by atoms with van der Waals surface area (Å²) in [6.45, 7) is 3.48. The maximum absolute atomic E-state index is 10.3. The second-order valence-electron chi connectivity index (χ2n) is 6.21. The molecule has 0 aliphatic heterocycles. The Bertz CT molecular complexity index is 742. The molecular formula is C19H26IN3OS. The van der Waals surface area contributed by atoms with Gasteiger partial charge in [0.1, 0.15) is 5.75 Å². The number of phenolic OH excluding ortho intramolecular Hbond substituents is 1. The van der Waals surface area contributed by atoms with Crippen molar-refractivity contribution < 1.29 is 5.11 Å². The second kappa shape index (κ2) is 9.43. The summed E-state index contributed by atoms with van der Waals surface area (Å²) in [6.07, 6.45) is 4.62. The molecule has 1 aromatic carbocycles. The molecule has 0 fully saturated rings. The molecule has 0 atom stereocenters. The van der Waals surface area contributed by atoms with Crippen LogP contribution >= 0.6 is 35.3 Å². The molecule has 0 bridgehead atoms. The van der Waals surface area contributed by atoms with Gasteiger partial charge in [0.2, 0.25) is 0 Å². The lowest BCUT2D eigenvalue weighted by Gasteiger charge is -2.21. The minimum atomic E-state index is 0. The molecule has 1 aromatic heterocycles. The van der Waals surface area contributed by atoms with E-state index in [9.17, 15) is 5.11 Å². The number of benzene rings is 1. The SMILES string of the molecule is CN=C(NCc1sccc1C)NCc1c(O)ccc2c1CCCC2.I. The molecule has 3 rings (SSSR count). The van der Waals surface area contributed by atoms with E-state index in [0.717, 1.165) is 30.9 Å². The van der Waals surface area contributed by atoms with Gasteiger partial charge in [-0.1, -0.05) is 6.07 Å². The number of phenols is 1. The van der Waals surface area contributed by atoms with E-state index < -0.39 is 0 Å². The Balaban J connectivity index is 0.00000225. The minimum Gasteiger partial charge on any atom is -0.508 e. The highest BCUT2D eigenvalue weighted by atomic mass is 127. The number of hydrogen-bond donors (Lipinski definition) is 3. The largest absolute Gasteiger partial charge is 0.508 e. The normalized spacial score (nSPS) is 13.8. The molecule has 0 saturated carbocycles. The molecule has 1 aliphatic carbocycles. The van der Waals surface area contributed by atoms with Gasteiger partial charge in [-0.25, -0.2) is 0 Å². The first-order valence-electron chi connectivity index (χ1n) is 8.49. The van der Waals surface area contributed by atoms with Crippen LogP contribution in [0.25, 0.3) is 0 Å². The Labute approximate surface area is 170 Å². The summed E-state index contributed by atoms with van der Waals surface area (Å²) in [5.74, 6) is 1.14. The van der Waals surface area contributed by atoms with Crippen molar-refractivity contribution in [1.29, 1.82) is 0 Å². The van der Waals surface area contributed by atoms with E-state index in [1.807, 2.05) is 6.07 Å². The first-order valence-corrected chi connectivity index (χ1v) is 9.37. The average Bonchev–Trinajstić information content (AvgIpc) is 3.01. The molecule has 0 amide bonds. The number of fused-ring (bicyclic) bond motifs is 1. The smallest absolute Gasteiger partial charge is 0.191 e. The van der Waals surface area contributed by atoms with Crippen LogP contribution in [0.5, 0.6) is 5.75 Å². The van der Waals surface area contributed by atoms with Crippen LogP contribution in [0.2, 0.25) is 0 Å². The minimum absolute atomic E-state index is 0. The number of hydrogen-bond acceptors (Lipinski definition) is 3. The molecule has 0 saturated heterocycles. The highest BCUT2D eigenvalue weighted by Gasteiger charge is 2.16. The molecule has 6 heteroatoms. The fourth-order valence-electron chi connectivity index (χ4n) is 3.23. The van der Waals surface area contributed by atoms with Crippen molar-refractivity contribution in [2.24, 2.45) is 4.99 Å². The Morgan fingerprint density at radius 3 is 2.64 bits per heavy atom. The second-order valence-corrected chi connectivity index (χ2v) is 7.21. The molecule has 1 aliphatic rings. The van der Waals surface area contributed by atoms with Gasteiger partial charge in [0.15, 0.2) is 5.96 Å². The van der Waals surface area contributed by atoms with E-state index in [1.165, 1.54) is 34.4 Å². The highest BCUT2D eigenvalue weighted by Crippen LogP contribution is 2.30. The zero-order valence-electron chi connectivity index (χ0n) is 14.8. The third-order valence-electron chi connectivity index (χ3n) is 4.67. The zero-order valence-corrected chi connectivity index (χ0v) is 17.9. The van der Waals surface area contributed by atoms with Crippen LogP contribution < -0.4 is 10.6 Å². The number of nitrogens with zero attached hydrogens (tertiary/aromatic N) is 1. The summed E-state index contributed by atoms with van der Waals surface area (Å²) in [7, 11) is 1.77. The number of nitrogens with one attached hydrogen (secondary N) is 2. The molecule has 4 nitrogen and oxygen atoms in total. The number of aryl methyl sites for hydroxylation is 2. The van der Waals surface area contributed by atoms with Crippen LogP contribution in [-0.2, 0) is 25.9 Å². The third-order valence-corrected chi connectivity index (χ3v) is 5.69. The molecular weight excluding hydrogens is 445 g/mol. The summed E-state index contributed by atoms with van der Waals surface area (Å²) in [5, 5.41) is 19.1. The van der Waals surface area contributed by atoms with Crippen LogP contribution in [0.1, 0.15) is 40.0 Å². The quantitative estimate of drug-likeness (QED) is 0.357. The summed E-state index contributed by atoms with van der Waals surface area (Å²) in [6, 6.07) is 6.03. The van der Waals surface area contributed by atoms with Crippen LogP contribution in [0.3, 0.4) is 0 Å². The van der Waals surface area contributed by atoms with E-state index >= 15 is 0 Å². The standard InChI is InChI=1S/C19H25N3OS.HI/c1-13-9-10-24-18(13)12-22-19(20-2)21-11-16-15-6-4-3-5-14(15)7-8-17(16)23;/h7-10,23H,3-6,11-12H2,1-2H3,(H2,20,21,22);1H. The van der Waals surface area contributed by atoms with Crippen LogP contribution in [-0.4, -0.2) is 18.1 Å². The van der Waals surface area contributed by atoms with Gasteiger partial charge in [0.25, 0.3) is 0 Å². The summed E-state index contributed by atoms with van der Waals surface area (Å²) in [4.78, 5) is 5.61. The molecule has 2 aromatic rings. The summed E-state index contributed by atoms with van der Waals surface area (Å²) < 4.78 is 0. The molecule has 1 heterocycles. The van der Waals surface area contributed by atoms with E-state index in [1.54, 1.807) is 18.4 Å². The van der Waals surface area contributed by atoms with E-state index in [4.69, 9.17) is 0 Å². The number of aliphatic imine (C=N–C) groups is 1. The Morgan fingerprint density at radius 2 is 1.92 bits per heavy atom. The number of thiophene rings is 1. The third kappa shape index (κ3) is 4.88. The van der Waals surface area contributed by atoms with Crippen LogP contribution in [0, 0.1) is 6.92 Å². The van der Waals surface area contributed by atoms with Gasteiger partial charge < -0.3 is 15.7 Å². The predicted molar refractivity (Wildman–Crippen MR) is 116 cm³/mol. The summed E-state index contributed by atoms with van der Waals surface area (Å²) in [5.41, 5.74) is 5.02. The van der Waals surface area contributed by atoms with Crippen molar-refractivity contribution in [3.63, 3.8) is 0 Å². The fraction of sp³-hybridized carbons (Fsp3) is 0.421. The number of rotatable bonds is 4. The number of guanidine groups is 1. The highest BCUT2D eigenvalue weighted by molar-refractivity contribution is 14.0. The average molecular weight is 471 g/mol. The first kappa shape index (κ1) is 20.0. The zero-order chi connectivity index (χ0) is 16.9. The molecule has 0 unspecified atom stereocenters. The van der Waals surface area contributed by atoms with Gasteiger partial charge >= 0.3 is 0 Å². The monoisotopic (exact) mass is 471 g/mol. The number of aromatic hydroxyl groups is 1. The van der Waals surface area contributed by atoms with Gasteiger partial charge in [0, 0.05) is 24.0 Å². The van der Waals surface area contributed by atoms with Crippen LogP contribution in [0.4, 0.5) is 0 Å². The maximum atomic E-state index is 10.3. The van der Waals surface area contributed by atoms with Crippen LogP contribution in [0.15, 0.2) is 28.6 Å². The Hall–Kier alpha value is -1.28. The molecule has 3 N–H and O–H groups in total. The molecule has 0 spiro atoms. The molecule has 25 heavy (non-hydrogen) atoms. The lowest BCUT2D eigenvalue weighted by molar-refractivity contribution is 0.464. The van der Waals surface area contributed by atoms with E-state index in [2.05, 4.69) is 40.1 Å². The lowest BCUT2D eigenvalue weighted by atomic mass is 9.88. The van der Waals surface area contributed by atoms with Crippen molar-refractivity contribution in [2.75, 3.05) is 7.05 Å². The van der Waals surface area contributed by atoms with Gasteiger partial charge in [-0.3, -0.25) is 4.99 Å². The van der Waals surface area contributed by atoms with Crippen molar-refractivity contribution in [2.45, 2.75) is 45.7 Å². The molecule has 0 radical (unpaired) electrons. The topological polar surface area (TPSA) is 56.7 Å². The van der Waals surface area contributed by atoms with Gasteiger partial charge in [-0.05, 0) is 66.8 Å². The summed E-state index contributed by atoms with van der Waals surface area (Å²) >= 11 is 1.75. The predicted octanol–water partition coefficient (Wildman–Crippen LogP) is 4.12. The Morgan fingerprint density at radius 1 is 1.16 bits per heavy atom. The van der Waals surface area contributed by atoms with E-state index in [-0.39, 0.29) is 24.0 Å². The number of halogens is 1. The van der Waals surface area contributed by atoms with Crippen molar-refractivity contribution in [1.82, 2.24) is 10.6 Å². The van der Waals surface area contributed by atoms with Gasteiger partial charge in [0.05, 0.1) is 6.54 Å². The Kier molecular flexibility index (Phi) is 7.56. The fourth-order valence-corrected chi connectivity index (χ4v) is 4.08. The maximum Gasteiger partial charge on any atom is 0.191 e. The molecule has 136 valence electrons. The first-order chi connectivity index (χ1) is 11.7. The van der Waals surface area contributed by atoms with Crippen molar-refractivity contribution in [3.05, 3.63) is 50.7 Å². The lowest BCUT2D eigenvalue weighted by Crippen LogP contribution is -2.36. The van der Waals surface area contributed by atoms with E-state index in [0.29, 0.717) is 12.3 Å². The van der Waals surface area contributed by atoms with Gasteiger partial charge in [-0.2, -0.15) is 0 Å². The van der Waals surface area contributed by atoms with Crippen molar-refractivity contribution in [3.8, 4) is 5.75 Å².